The molecule has 6 nitrogen and oxygen atoms in total. The summed E-state index contributed by atoms with van der Waals surface area (Å²) < 4.78 is 5.59. The zero-order chi connectivity index (χ0) is 12.3. The summed E-state index contributed by atoms with van der Waals surface area (Å²) in [5, 5.41) is 6.19. The molecular weight excluding hydrogens is 242 g/mol. The van der Waals surface area contributed by atoms with E-state index in [2.05, 4.69) is 25.6 Å². The van der Waals surface area contributed by atoms with Crippen molar-refractivity contribution >= 4 is 23.5 Å². The van der Waals surface area contributed by atoms with E-state index in [1.165, 1.54) is 0 Å². The highest BCUT2D eigenvalue weighted by Gasteiger charge is 2.23. The number of aromatic nitrogens is 3. The van der Waals surface area contributed by atoms with Crippen LogP contribution in [0.1, 0.15) is 19.8 Å². The Morgan fingerprint density at radius 2 is 2.12 bits per heavy atom. The highest BCUT2D eigenvalue weighted by atomic mass is 35.5. The topological polar surface area (TPSA) is 72.0 Å². The molecule has 1 saturated heterocycles. The maximum Gasteiger partial charge on any atom is 0.229 e. The minimum Gasteiger partial charge on any atom is -0.376 e. The van der Waals surface area contributed by atoms with E-state index in [1.807, 2.05) is 6.92 Å². The Labute approximate surface area is 105 Å². The predicted molar refractivity (Wildman–Crippen MR) is 66.4 cm³/mol. The molecule has 0 aliphatic carbocycles. The Balaban J connectivity index is 2.04. The quantitative estimate of drug-likeness (QED) is 0.853. The van der Waals surface area contributed by atoms with Gasteiger partial charge in [0.1, 0.15) is 0 Å². The summed E-state index contributed by atoms with van der Waals surface area (Å²) >= 11 is 5.80. The van der Waals surface area contributed by atoms with E-state index in [4.69, 9.17) is 16.3 Å². The molecule has 1 fully saturated rings. The first-order valence-corrected chi connectivity index (χ1v) is 6.04. The zero-order valence-corrected chi connectivity index (χ0v) is 10.7. The van der Waals surface area contributed by atoms with E-state index in [0.29, 0.717) is 11.9 Å². The van der Waals surface area contributed by atoms with Crippen LogP contribution in [0.25, 0.3) is 0 Å². The van der Waals surface area contributed by atoms with Crippen LogP contribution in [0.2, 0.25) is 5.28 Å². The third-order valence-corrected chi connectivity index (χ3v) is 2.88. The molecule has 2 heterocycles. The number of ether oxygens (including phenoxy) is 1. The van der Waals surface area contributed by atoms with Gasteiger partial charge in [-0.3, -0.25) is 0 Å². The Hall–Kier alpha value is -1.14. The van der Waals surface area contributed by atoms with Gasteiger partial charge in [0.2, 0.25) is 17.2 Å². The number of halogens is 1. The average Bonchev–Trinajstić information content (AvgIpc) is 2.81. The van der Waals surface area contributed by atoms with Crippen LogP contribution in [0.3, 0.4) is 0 Å². The van der Waals surface area contributed by atoms with Gasteiger partial charge >= 0.3 is 0 Å². The molecule has 2 unspecified atom stereocenters. The lowest BCUT2D eigenvalue weighted by Gasteiger charge is -2.19. The molecule has 1 aliphatic heterocycles. The number of hydrogen-bond acceptors (Lipinski definition) is 6. The highest BCUT2D eigenvalue weighted by molar-refractivity contribution is 6.28. The molecule has 7 heteroatoms. The molecule has 0 amide bonds. The molecule has 1 aromatic rings. The second kappa shape index (κ2) is 5.46. The van der Waals surface area contributed by atoms with E-state index >= 15 is 0 Å². The van der Waals surface area contributed by atoms with Crippen LogP contribution in [-0.4, -0.2) is 40.8 Å². The molecule has 0 spiro atoms. The third-order valence-electron chi connectivity index (χ3n) is 2.71. The van der Waals surface area contributed by atoms with Crippen LogP contribution < -0.4 is 10.6 Å². The van der Waals surface area contributed by atoms with Gasteiger partial charge < -0.3 is 15.4 Å². The van der Waals surface area contributed by atoms with Crippen molar-refractivity contribution in [2.45, 2.75) is 31.9 Å². The summed E-state index contributed by atoms with van der Waals surface area (Å²) in [6, 6.07) is 0.153. The Morgan fingerprint density at radius 1 is 1.35 bits per heavy atom. The van der Waals surface area contributed by atoms with Crippen molar-refractivity contribution in [1.29, 1.82) is 0 Å². The number of rotatable bonds is 4. The average molecular weight is 258 g/mol. The molecule has 2 rings (SSSR count). The maximum absolute atomic E-state index is 5.80. The zero-order valence-electron chi connectivity index (χ0n) is 9.90. The monoisotopic (exact) mass is 257 g/mol. The Morgan fingerprint density at radius 3 is 2.76 bits per heavy atom. The van der Waals surface area contributed by atoms with Crippen molar-refractivity contribution in [1.82, 2.24) is 15.0 Å². The van der Waals surface area contributed by atoms with Gasteiger partial charge in [0, 0.05) is 13.7 Å². The van der Waals surface area contributed by atoms with E-state index in [0.717, 1.165) is 19.4 Å². The Kier molecular flexibility index (Phi) is 3.96. The fourth-order valence-electron chi connectivity index (χ4n) is 1.82. The number of hydrogen-bond donors (Lipinski definition) is 2. The van der Waals surface area contributed by atoms with Gasteiger partial charge in [-0.1, -0.05) is 0 Å². The summed E-state index contributed by atoms with van der Waals surface area (Å²) in [4.78, 5) is 12.1. The first-order valence-electron chi connectivity index (χ1n) is 5.66. The molecule has 17 heavy (non-hydrogen) atoms. The van der Waals surface area contributed by atoms with E-state index in [-0.39, 0.29) is 17.4 Å². The fourth-order valence-corrected chi connectivity index (χ4v) is 1.98. The molecule has 1 aromatic heterocycles. The van der Waals surface area contributed by atoms with Gasteiger partial charge in [-0.05, 0) is 31.4 Å². The van der Waals surface area contributed by atoms with Gasteiger partial charge in [0.05, 0.1) is 12.1 Å². The smallest absolute Gasteiger partial charge is 0.229 e. The van der Waals surface area contributed by atoms with Crippen molar-refractivity contribution in [3.8, 4) is 0 Å². The van der Waals surface area contributed by atoms with Crippen molar-refractivity contribution in [3.05, 3.63) is 5.28 Å². The van der Waals surface area contributed by atoms with Crippen molar-refractivity contribution in [3.63, 3.8) is 0 Å². The van der Waals surface area contributed by atoms with Gasteiger partial charge in [0.15, 0.2) is 0 Å². The van der Waals surface area contributed by atoms with E-state index < -0.39 is 0 Å². The van der Waals surface area contributed by atoms with Crippen LogP contribution in [0.5, 0.6) is 0 Å². The number of nitrogens with zero attached hydrogens (tertiary/aromatic N) is 3. The van der Waals surface area contributed by atoms with Crippen LogP contribution in [0, 0.1) is 0 Å². The Bertz CT molecular complexity index is 383. The van der Waals surface area contributed by atoms with E-state index in [9.17, 15) is 0 Å². The molecule has 94 valence electrons. The minimum absolute atomic E-state index is 0.153. The summed E-state index contributed by atoms with van der Waals surface area (Å²) in [5.74, 6) is 0.921. The molecule has 0 aromatic carbocycles. The SMILES string of the molecule is CNc1nc(Cl)nc(NC(C)C2CCCO2)n1. The van der Waals surface area contributed by atoms with E-state index in [1.54, 1.807) is 7.05 Å². The van der Waals surface area contributed by atoms with Crippen LogP contribution in [-0.2, 0) is 4.74 Å². The second-order valence-corrected chi connectivity index (χ2v) is 4.32. The third kappa shape index (κ3) is 3.17. The minimum atomic E-state index is 0.153. The predicted octanol–water partition coefficient (Wildman–Crippen LogP) is 1.55. The highest BCUT2D eigenvalue weighted by Crippen LogP contribution is 2.18. The second-order valence-electron chi connectivity index (χ2n) is 3.99. The number of nitrogens with one attached hydrogen (secondary N) is 2. The molecule has 1 aliphatic rings. The van der Waals surface area contributed by atoms with Gasteiger partial charge in [0.25, 0.3) is 0 Å². The van der Waals surface area contributed by atoms with Crippen molar-refractivity contribution in [2.24, 2.45) is 0 Å². The standard InChI is InChI=1S/C10H16ClN5O/c1-6(7-4-3-5-17-7)13-10-15-8(11)14-9(12-2)16-10/h6-7H,3-5H2,1-2H3,(H2,12,13,14,15,16). The first-order chi connectivity index (χ1) is 8.19. The van der Waals surface area contributed by atoms with Gasteiger partial charge in [-0.2, -0.15) is 15.0 Å². The summed E-state index contributed by atoms with van der Waals surface area (Å²) in [5.41, 5.74) is 0. The van der Waals surface area contributed by atoms with Crippen LogP contribution in [0.15, 0.2) is 0 Å². The summed E-state index contributed by atoms with van der Waals surface area (Å²) in [6.45, 7) is 2.88. The molecule has 2 atom stereocenters. The van der Waals surface area contributed by atoms with Gasteiger partial charge in [-0.25, -0.2) is 0 Å². The lowest BCUT2D eigenvalue weighted by Crippen LogP contribution is -2.31. The fraction of sp³-hybridized carbons (Fsp3) is 0.700. The lowest BCUT2D eigenvalue weighted by molar-refractivity contribution is 0.0994. The summed E-state index contributed by atoms with van der Waals surface area (Å²) in [6.07, 6.45) is 2.38. The normalized spacial score (nSPS) is 21.2. The van der Waals surface area contributed by atoms with Crippen molar-refractivity contribution < 1.29 is 4.74 Å². The molecule has 2 N–H and O–H groups in total. The largest absolute Gasteiger partial charge is 0.376 e. The molecule has 0 saturated carbocycles. The maximum atomic E-state index is 5.80. The summed E-state index contributed by atoms with van der Waals surface area (Å²) in [7, 11) is 1.74. The van der Waals surface area contributed by atoms with Crippen LogP contribution >= 0.6 is 11.6 Å². The molecular formula is C10H16ClN5O. The molecule has 0 bridgehead atoms. The van der Waals surface area contributed by atoms with Crippen LogP contribution in [0.4, 0.5) is 11.9 Å². The lowest BCUT2D eigenvalue weighted by atomic mass is 10.1. The first kappa shape index (κ1) is 12.3. The van der Waals surface area contributed by atoms with Gasteiger partial charge in [-0.15, -0.1) is 0 Å². The molecule has 0 radical (unpaired) electrons. The van der Waals surface area contributed by atoms with Crippen molar-refractivity contribution in [2.75, 3.05) is 24.3 Å². The number of anilines is 2.